The maximum atomic E-state index is 13.0. The molecule has 7 nitrogen and oxygen atoms in total. The molecule has 1 heterocycles. The van der Waals surface area contributed by atoms with Crippen LogP contribution in [0.1, 0.15) is 21.5 Å². The lowest BCUT2D eigenvalue weighted by atomic mass is 10.1. The van der Waals surface area contributed by atoms with E-state index in [0.717, 1.165) is 16.9 Å². The molecule has 10 heteroatoms. The lowest BCUT2D eigenvalue weighted by Crippen LogP contribution is -2.14. The van der Waals surface area contributed by atoms with Crippen LogP contribution >= 0.6 is 11.3 Å². The van der Waals surface area contributed by atoms with E-state index in [1.54, 1.807) is 36.4 Å². The zero-order valence-corrected chi connectivity index (χ0v) is 19.8. The molecule has 0 fully saturated rings. The first-order valence-electron chi connectivity index (χ1n) is 10.0. The van der Waals surface area contributed by atoms with Crippen LogP contribution in [0.4, 0.5) is 10.1 Å². The highest BCUT2D eigenvalue weighted by atomic mass is 32.2. The van der Waals surface area contributed by atoms with Gasteiger partial charge in [0, 0.05) is 22.1 Å². The van der Waals surface area contributed by atoms with E-state index in [1.165, 1.54) is 42.8 Å². The van der Waals surface area contributed by atoms with E-state index in [4.69, 9.17) is 9.84 Å². The van der Waals surface area contributed by atoms with Crippen molar-refractivity contribution in [2.75, 3.05) is 11.8 Å². The number of carboxylic acid groups (broad SMARTS) is 1. The lowest BCUT2D eigenvalue weighted by Gasteiger charge is -2.11. The number of carbonyl (C=O) groups is 1. The van der Waals surface area contributed by atoms with Crippen molar-refractivity contribution >= 4 is 33.0 Å². The Hall–Kier alpha value is -4.20. The van der Waals surface area contributed by atoms with E-state index in [9.17, 15) is 17.6 Å². The normalized spacial score (nSPS) is 10.8. The first-order valence-corrected chi connectivity index (χ1v) is 12.4. The third-order valence-electron chi connectivity index (χ3n) is 4.78. The molecule has 176 valence electrons. The molecule has 3 aromatic carbocycles. The molecule has 0 spiro atoms. The second kappa shape index (κ2) is 9.97. The molecule has 2 N–H and O–H groups in total. The first kappa shape index (κ1) is 23.9. The molecule has 0 unspecified atom stereocenters. The molecular formula is C25H17FN2O5S2. The average molecular weight is 509 g/mol. The van der Waals surface area contributed by atoms with Gasteiger partial charge in [-0.25, -0.2) is 14.2 Å². The number of halogens is 1. The number of methoxy groups -OCH3 is 1. The van der Waals surface area contributed by atoms with E-state index in [-0.39, 0.29) is 27.8 Å². The lowest BCUT2D eigenvalue weighted by molar-refractivity contribution is 0.0696. The molecule has 1 aromatic heterocycles. The van der Waals surface area contributed by atoms with Crippen LogP contribution < -0.4 is 9.46 Å². The summed E-state index contributed by atoms with van der Waals surface area (Å²) in [5, 5.41) is 10.8. The van der Waals surface area contributed by atoms with Crippen molar-refractivity contribution in [3.8, 4) is 28.2 Å². The topological polar surface area (TPSA) is 106 Å². The largest absolute Gasteiger partial charge is 0.495 e. The second-order valence-corrected chi connectivity index (χ2v) is 9.64. The Morgan fingerprint density at radius 1 is 1.03 bits per heavy atom. The predicted octanol–water partition coefficient (Wildman–Crippen LogP) is 4.86. The Balaban J connectivity index is 1.52. The van der Waals surface area contributed by atoms with Gasteiger partial charge in [-0.1, -0.05) is 24.0 Å². The molecule has 0 radical (unpaired) electrons. The summed E-state index contributed by atoms with van der Waals surface area (Å²) in [6.45, 7) is 0. The van der Waals surface area contributed by atoms with Crippen molar-refractivity contribution in [1.29, 1.82) is 0 Å². The van der Waals surface area contributed by atoms with Crippen molar-refractivity contribution in [3.05, 3.63) is 94.6 Å². The number of ether oxygens (including phenoxy) is 1. The van der Waals surface area contributed by atoms with Crippen LogP contribution in [-0.2, 0) is 10.0 Å². The smallest absolute Gasteiger partial charge is 0.335 e. The van der Waals surface area contributed by atoms with Gasteiger partial charge in [-0.15, -0.1) is 11.3 Å². The van der Waals surface area contributed by atoms with Crippen molar-refractivity contribution < 1.29 is 27.4 Å². The highest BCUT2D eigenvalue weighted by Crippen LogP contribution is 2.30. The van der Waals surface area contributed by atoms with Gasteiger partial charge in [0.05, 0.1) is 18.4 Å². The zero-order valence-electron chi connectivity index (χ0n) is 18.2. The Labute approximate surface area is 204 Å². The number of carboxylic acids is 1. The number of aromatic nitrogens is 1. The van der Waals surface area contributed by atoms with Crippen LogP contribution in [0.3, 0.4) is 0 Å². The number of rotatable bonds is 6. The number of aromatic carboxylic acids is 1. The highest BCUT2D eigenvalue weighted by molar-refractivity contribution is 7.92. The molecule has 0 aliphatic heterocycles. The molecule has 35 heavy (non-hydrogen) atoms. The number of anilines is 1. The number of nitrogens with zero attached hydrogens (tertiary/aromatic N) is 1. The Morgan fingerprint density at radius 3 is 2.26 bits per heavy atom. The van der Waals surface area contributed by atoms with Crippen LogP contribution in [-0.4, -0.2) is 31.6 Å². The van der Waals surface area contributed by atoms with E-state index < -0.39 is 16.0 Å². The number of hydrogen-bond donors (Lipinski definition) is 2. The Kier molecular flexibility index (Phi) is 6.82. The van der Waals surface area contributed by atoms with Crippen LogP contribution in [0.5, 0.6) is 5.75 Å². The number of thiazole rings is 1. The fourth-order valence-electron chi connectivity index (χ4n) is 2.99. The quantitative estimate of drug-likeness (QED) is 0.361. The molecule has 0 bridgehead atoms. The number of benzene rings is 3. The van der Waals surface area contributed by atoms with Crippen molar-refractivity contribution in [2.24, 2.45) is 0 Å². The van der Waals surface area contributed by atoms with E-state index >= 15 is 0 Å². The monoisotopic (exact) mass is 508 g/mol. The minimum Gasteiger partial charge on any atom is -0.495 e. The summed E-state index contributed by atoms with van der Waals surface area (Å²) in [4.78, 5) is 15.4. The summed E-state index contributed by atoms with van der Waals surface area (Å²) in [6.07, 6.45) is 0. The van der Waals surface area contributed by atoms with Gasteiger partial charge >= 0.3 is 5.97 Å². The van der Waals surface area contributed by atoms with Gasteiger partial charge in [-0.3, -0.25) is 4.72 Å². The number of hydrogen-bond acceptors (Lipinski definition) is 6. The van der Waals surface area contributed by atoms with E-state index in [2.05, 4.69) is 21.5 Å². The van der Waals surface area contributed by atoms with Gasteiger partial charge in [0.15, 0.2) is 5.03 Å². The van der Waals surface area contributed by atoms with Crippen molar-refractivity contribution in [2.45, 2.75) is 5.03 Å². The third-order valence-corrected chi connectivity index (χ3v) is 7.07. The molecule has 0 saturated heterocycles. The maximum Gasteiger partial charge on any atom is 0.335 e. The van der Waals surface area contributed by atoms with Gasteiger partial charge in [0.25, 0.3) is 10.0 Å². The predicted molar refractivity (Wildman–Crippen MR) is 131 cm³/mol. The minimum absolute atomic E-state index is 0.0356. The first-order chi connectivity index (χ1) is 16.7. The fourth-order valence-corrected chi connectivity index (χ4v) is 5.17. The summed E-state index contributed by atoms with van der Waals surface area (Å²) in [5.74, 6) is 4.54. The molecule has 0 atom stereocenters. The van der Waals surface area contributed by atoms with Gasteiger partial charge < -0.3 is 9.84 Å². The van der Waals surface area contributed by atoms with Crippen LogP contribution in [0.15, 0.2) is 77.1 Å². The van der Waals surface area contributed by atoms with Crippen LogP contribution in [0.2, 0.25) is 0 Å². The zero-order chi connectivity index (χ0) is 25.0. The van der Waals surface area contributed by atoms with Crippen LogP contribution in [0, 0.1) is 17.7 Å². The fraction of sp³-hybridized carbons (Fsp3) is 0.0400. The number of sulfonamides is 1. The highest BCUT2D eigenvalue weighted by Gasteiger charge is 2.21. The summed E-state index contributed by atoms with van der Waals surface area (Å²) >= 11 is 1.16. The molecule has 0 aliphatic rings. The van der Waals surface area contributed by atoms with Crippen molar-refractivity contribution in [3.63, 3.8) is 0 Å². The van der Waals surface area contributed by atoms with Gasteiger partial charge in [0.1, 0.15) is 16.6 Å². The molecule has 4 rings (SSSR count). The summed E-state index contributed by atoms with van der Waals surface area (Å²) in [7, 11) is -2.73. The SMILES string of the molecule is COc1cc(C(=O)O)ccc1NS(=O)(=O)c1csc(-c2ccc(C#Cc3ccc(F)cc3)cc2)n1. The summed E-state index contributed by atoms with van der Waals surface area (Å²) in [6, 6.07) is 16.8. The number of nitrogens with one attached hydrogen (secondary N) is 1. The van der Waals surface area contributed by atoms with Crippen LogP contribution in [0.25, 0.3) is 10.6 Å². The Bertz CT molecular complexity index is 1550. The summed E-state index contributed by atoms with van der Waals surface area (Å²) in [5.41, 5.74) is 2.20. The van der Waals surface area contributed by atoms with Gasteiger partial charge in [-0.05, 0) is 54.6 Å². The standard InChI is InChI=1S/C25H17FN2O5S2/c1-33-22-14-19(25(29)30)10-13-21(22)28-35(31,32)23-15-34-24(27-23)18-8-4-16(5-9-18)2-3-17-6-11-20(26)12-7-17/h4-15,28H,1H3,(H,29,30). The third kappa shape index (κ3) is 5.66. The van der Waals surface area contributed by atoms with Gasteiger partial charge in [0.2, 0.25) is 0 Å². The summed E-state index contributed by atoms with van der Waals surface area (Å²) < 4.78 is 46.2. The van der Waals surface area contributed by atoms with E-state index in [0.29, 0.717) is 16.1 Å². The molecular weight excluding hydrogens is 491 g/mol. The Morgan fingerprint density at radius 2 is 1.66 bits per heavy atom. The molecule has 4 aromatic rings. The minimum atomic E-state index is -4.04. The molecule has 0 amide bonds. The second-order valence-electron chi connectivity index (χ2n) is 7.15. The molecule has 0 aliphatic carbocycles. The average Bonchev–Trinajstić information content (AvgIpc) is 3.35. The molecule has 0 saturated carbocycles. The van der Waals surface area contributed by atoms with Crippen molar-refractivity contribution in [1.82, 2.24) is 4.98 Å². The van der Waals surface area contributed by atoms with Gasteiger partial charge in [-0.2, -0.15) is 8.42 Å². The van der Waals surface area contributed by atoms with E-state index in [1.807, 2.05) is 0 Å². The maximum absolute atomic E-state index is 13.0.